The Morgan fingerprint density at radius 1 is 1.27 bits per heavy atom. The van der Waals surface area contributed by atoms with Crippen LogP contribution in [0.25, 0.3) is 0 Å². The summed E-state index contributed by atoms with van der Waals surface area (Å²) < 4.78 is 0. The van der Waals surface area contributed by atoms with E-state index in [0.29, 0.717) is 5.92 Å². The molecular formula is C11H20N4. The van der Waals surface area contributed by atoms with Crippen LogP contribution in [0, 0.1) is 12.8 Å². The lowest BCUT2D eigenvalue weighted by Crippen LogP contribution is -2.34. The first-order chi connectivity index (χ1) is 7.22. The molecule has 4 heteroatoms. The van der Waals surface area contributed by atoms with Gasteiger partial charge in [-0.3, -0.25) is 21.2 Å². The highest BCUT2D eigenvalue weighted by Crippen LogP contribution is 2.24. The molecule has 0 aliphatic heterocycles. The Balaban J connectivity index is 2.86. The van der Waals surface area contributed by atoms with Crippen molar-refractivity contribution in [3.8, 4) is 0 Å². The molecule has 0 saturated heterocycles. The summed E-state index contributed by atoms with van der Waals surface area (Å²) in [5, 5.41) is 0. The van der Waals surface area contributed by atoms with Crippen molar-refractivity contribution in [2.75, 3.05) is 0 Å². The third kappa shape index (κ3) is 2.97. The maximum atomic E-state index is 5.58. The van der Waals surface area contributed by atoms with Gasteiger partial charge >= 0.3 is 0 Å². The van der Waals surface area contributed by atoms with Crippen molar-refractivity contribution >= 4 is 0 Å². The van der Waals surface area contributed by atoms with Gasteiger partial charge in [0.25, 0.3) is 0 Å². The lowest BCUT2D eigenvalue weighted by Gasteiger charge is -2.23. The standard InChI is InChI=1S/C11H20N4/c1-4-9(5-2)11(15-12)10-7-13-8(3)6-14-10/h6-7,9,11,15H,4-5,12H2,1-3H3. The number of nitrogens with one attached hydrogen (secondary N) is 1. The van der Waals surface area contributed by atoms with E-state index in [9.17, 15) is 0 Å². The molecule has 84 valence electrons. The molecule has 1 unspecified atom stereocenters. The van der Waals surface area contributed by atoms with Gasteiger partial charge in [-0.25, -0.2) is 0 Å². The summed E-state index contributed by atoms with van der Waals surface area (Å²) in [7, 11) is 0. The van der Waals surface area contributed by atoms with Crippen LogP contribution >= 0.6 is 0 Å². The highest BCUT2D eigenvalue weighted by molar-refractivity contribution is 5.06. The van der Waals surface area contributed by atoms with Crippen LogP contribution in [0.5, 0.6) is 0 Å². The van der Waals surface area contributed by atoms with Crippen LogP contribution in [-0.2, 0) is 0 Å². The fourth-order valence-electron chi connectivity index (χ4n) is 1.79. The molecule has 1 rings (SSSR count). The summed E-state index contributed by atoms with van der Waals surface area (Å²) in [6, 6.07) is 0.105. The first-order valence-corrected chi connectivity index (χ1v) is 5.47. The van der Waals surface area contributed by atoms with Gasteiger partial charge < -0.3 is 0 Å². The number of nitrogens with zero attached hydrogens (tertiary/aromatic N) is 2. The summed E-state index contributed by atoms with van der Waals surface area (Å²) in [6.45, 7) is 6.26. The Morgan fingerprint density at radius 2 is 1.93 bits per heavy atom. The molecule has 0 aliphatic carbocycles. The van der Waals surface area contributed by atoms with Crippen LogP contribution in [0.15, 0.2) is 12.4 Å². The van der Waals surface area contributed by atoms with Gasteiger partial charge in [-0.2, -0.15) is 0 Å². The molecule has 1 aromatic rings. The van der Waals surface area contributed by atoms with Crippen molar-refractivity contribution in [1.29, 1.82) is 0 Å². The summed E-state index contributed by atoms with van der Waals surface area (Å²) in [5.74, 6) is 6.08. The number of aromatic nitrogens is 2. The molecule has 1 heterocycles. The third-order valence-corrected chi connectivity index (χ3v) is 2.82. The first-order valence-electron chi connectivity index (χ1n) is 5.47. The second kappa shape index (κ2) is 5.78. The van der Waals surface area contributed by atoms with E-state index in [0.717, 1.165) is 24.2 Å². The smallest absolute Gasteiger partial charge is 0.0772 e. The molecule has 0 bridgehead atoms. The van der Waals surface area contributed by atoms with E-state index in [1.165, 1.54) is 0 Å². The van der Waals surface area contributed by atoms with E-state index in [-0.39, 0.29) is 6.04 Å². The van der Waals surface area contributed by atoms with Crippen LogP contribution in [0.4, 0.5) is 0 Å². The molecule has 0 radical (unpaired) electrons. The van der Waals surface area contributed by atoms with Crippen molar-refractivity contribution in [3.63, 3.8) is 0 Å². The minimum atomic E-state index is 0.105. The molecule has 4 nitrogen and oxygen atoms in total. The summed E-state index contributed by atoms with van der Waals surface area (Å²) in [4.78, 5) is 8.60. The van der Waals surface area contributed by atoms with Gasteiger partial charge in [0, 0.05) is 6.20 Å². The van der Waals surface area contributed by atoms with Gasteiger partial charge in [-0.05, 0) is 12.8 Å². The second-order valence-corrected chi connectivity index (χ2v) is 3.80. The highest BCUT2D eigenvalue weighted by Gasteiger charge is 2.20. The van der Waals surface area contributed by atoms with E-state index in [1.54, 1.807) is 12.4 Å². The Labute approximate surface area is 91.3 Å². The number of hydrogen-bond donors (Lipinski definition) is 2. The lowest BCUT2D eigenvalue weighted by molar-refractivity contribution is 0.338. The Kier molecular flexibility index (Phi) is 4.65. The quantitative estimate of drug-likeness (QED) is 0.571. The molecule has 0 aromatic carbocycles. The van der Waals surface area contributed by atoms with Crippen LogP contribution in [0.2, 0.25) is 0 Å². The van der Waals surface area contributed by atoms with Crippen molar-refractivity contribution in [3.05, 3.63) is 23.8 Å². The molecule has 0 aliphatic rings. The molecule has 0 saturated carbocycles. The van der Waals surface area contributed by atoms with Gasteiger partial charge in [0.1, 0.15) is 0 Å². The average molecular weight is 208 g/mol. The molecule has 3 N–H and O–H groups in total. The minimum absolute atomic E-state index is 0.105. The average Bonchev–Trinajstić information content (AvgIpc) is 2.27. The molecule has 15 heavy (non-hydrogen) atoms. The monoisotopic (exact) mass is 208 g/mol. The van der Waals surface area contributed by atoms with Crippen LogP contribution in [0.3, 0.4) is 0 Å². The van der Waals surface area contributed by atoms with E-state index >= 15 is 0 Å². The maximum Gasteiger partial charge on any atom is 0.0772 e. The van der Waals surface area contributed by atoms with Crippen LogP contribution in [-0.4, -0.2) is 9.97 Å². The zero-order chi connectivity index (χ0) is 11.3. The topological polar surface area (TPSA) is 63.8 Å². The summed E-state index contributed by atoms with van der Waals surface area (Å²) in [5.41, 5.74) is 4.69. The van der Waals surface area contributed by atoms with Gasteiger partial charge in [0.2, 0.25) is 0 Å². The SMILES string of the molecule is CCC(CC)C(NN)c1cnc(C)cn1. The molecule has 0 fully saturated rings. The fraction of sp³-hybridized carbons (Fsp3) is 0.636. The minimum Gasteiger partial charge on any atom is -0.271 e. The number of hydrazine groups is 1. The van der Waals surface area contributed by atoms with Crippen molar-refractivity contribution < 1.29 is 0 Å². The molecule has 0 spiro atoms. The van der Waals surface area contributed by atoms with E-state index in [1.807, 2.05) is 6.92 Å². The number of rotatable bonds is 5. The second-order valence-electron chi connectivity index (χ2n) is 3.80. The van der Waals surface area contributed by atoms with Gasteiger partial charge in [-0.15, -0.1) is 0 Å². The largest absolute Gasteiger partial charge is 0.271 e. The van der Waals surface area contributed by atoms with E-state index in [4.69, 9.17) is 5.84 Å². The van der Waals surface area contributed by atoms with Crippen LogP contribution < -0.4 is 11.3 Å². The van der Waals surface area contributed by atoms with Gasteiger partial charge in [0.15, 0.2) is 0 Å². The normalized spacial score (nSPS) is 13.1. The Morgan fingerprint density at radius 3 is 2.33 bits per heavy atom. The Bertz CT molecular complexity index is 279. The molecular weight excluding hydrogens is 188 g/mol. The Hall–Kier alpha value is -1.00. The predicted molar refractivity (Wildman–Crippen MR) is 60.9 cm³/mol. The summed E-state index contributed by atoms with van der Waals surface area (Å²) >= 11 is 0. The van der Waals surface area contributed by atoms with Crippen LogP contribution in [0.1, 0.15) is 44.1 Å². The number of nitrogens with two attached hydrogens (primary N) is 1. The highest BCUT2D eigenvalue weighted by atomic mass is 15.2. The fourth-order valence-corrected chi connectivity index (χ4v) is 1.79. The predicted octanol–water partition coefficient (Wildman–Crippen LogP) is 1.73. The molecule has 1 atom stereocenters. The van der Waals surface area contributed by atoms with Gasteiger partial charge in [-0.1, -0.05) is 26.7 Å². The van der Waals surface area contributed by atoms with E-state index in [2.05, 4.69) is 29.2 Å². The van der Waals surface area contributed by atoms with Gasteiger partial charge in [0.05, 0.1) is 23.6 Å². The molecule has 0 amide bonds. The van der Waals surface area contributed by atoms with Crippen molar-refractivity contribution in [2.24, 2.45) is 11.8 Å². The zero-order valence-electron chi connectivity index (χ0n) is 9.70. The number of hydrogen-bond acceptors (Lipinski definition) is 4. The lowest BCUT2D eigenvalue weighted by atomic mass is 9.92. The van der Waals surface area contributed by atoms with Crippen molar-refractivity contribution in [1.82, 2.24) is 15.4 Å². The zero-order valence-corrected chi connectivity index (χ0v) is 9.70. The summed E-state index contributed by atoms with van der Waals surface area (Å²) in [6.07, 6.45) is 5.75. The third-order valence-electron chi connectivity index (χ3n) is 2.82. The number of aryl methyl sites for hydroxylation is 1. The first kappa shape index (κ1) is 12.1. The van der Waals surface area contributed by atoms with Crippen molar-refractivity contribution in [2.45, 2.75) is 39.7 Å². The van der Waals surface area contributed by atoms with E-state index < -0.39 is 0 Å². The maximum absolute atomic E-state index is 5.58. The molecule has 1 aromatic heterocycles.